The van der Waals surface area contributed by atoms with Crippen LogP contribution in [0, 0.1) is 0 Å². The zero-order chi connectivity index (χ0) is 13.4. The second kappa shape index (κ2) is 4.94. The number of anilines is 1. The van der Waals surface area contributed by atoms with Crippen LogP contribution in [0.3, 0.4) is 0 Å². The van der Waals surface area contributed by atoms with Gasteiger partial charge in [0.05, 0.1) is 0 Å². The van der Waals surface area contributed by atoms with Crippen LogP contribution >= 0.6 is 46.4 Å². The van der Waals surface area contributed by atoms with Crippen molar-refractivity contribution in [3.05, 3.63) is 15.8 Å². The lowest BCUT2D eigenvalue weighted by Gasteiger charge is -2.11. The molecule has 0 spiro atoms. The third-order valence-corrected chi connectivity index (χ3v) is 3.29. The van der Waals surface area contributed by atoms with Crippen molar-refractivity contribution < 1.29 is 19.1 Å². The topological polar surface area (TPSA) is 70.8 Å². The normalized spacial score (nSPS) is 11.4. The highest BCUT2D eigenvalue weighted by Crippen LogP contribution is 2.46. The van der Waals surface area contributed by atoms with Crippen LogP contribution in [-0.2, 0) is 13.9 Å². The van der Waals surface area contributed by atoms with Crippen molar-refractivity contribution >= 4 is 64.7 Å². The molecule has 0 aliphatic heterocycles. The summed E-state index contributed by atoms with van der Waals surface area (Å²) in [6.45, 7) is 0. The lowest BCUT2D eigenvalue weighted by atomic mass is 10.3. The molecule has 1 heterocycles. The van der Waals surface area contributed by atoms with Gasteiger partial charge in [0, 0.05) is 7.05 Å². The average molecular weight is 321 g/mol. The minimum absolute atomic E-state index is 0.145. The summed E-state index contributed by atoms with van der Waals surface area (Å²) in [5, 5.41) is 8.40. The molecule has 1 rings (SSSR count). The monoisotopic (exact) mass is 319 g/mol. The van der Waals surface area contributed by atoms with E-state index in [-0.39, 0.29) is 15.9 Å². The first-order chi connectivity index (χ1) is 7.73. The van der Waals surface area contributed by atoms with Gasteiger partial charge >= 0.3 is 5.97 Å². The molecule has 9 heteroatoms. The summed E-state index contributed by atoms with van der Waals surface area (Å²) in [6.07, 6.45) is 0.399. The summed E-state index contributed by atoms with van der Waals surface area (Å²) in [7, 11) is 1.34. The number of halogens is 4. The fraction of sp³-hybridized carbons (Fsp3) is 0.250. The minimum Gasteiger partial charge on any atom is -0.479 e. The quantitative estimate of drug-likeness (QED) is 0.684. The molecule has 1 aromatic rings. The first-order valence-electron chi connectivity index (χ1n) is 4.01. The van der Waals surface area contributed by atoms with Crippen LogP contribution in [0.15, 0.2) is 4.42 Å². The number of amides is 1. The summed E-state index contributed by atoms with van der Waals surface area (Å²) in [5.41, 5.74) is 0. The van der Waals surface area contributed by atoms with E-state index >= 15 is 0 Å². The molecule has 0 atom stereocenters. The van der Waals surface area contributed by atoms with Gasteiger partial charge in [-0.05, 0) is 0 Å². The second-order valence-electron chi connectivity index (χ2n) is 2.96. The van der Waals surface area contributed by atoms with Crippen molar-refractivity contribution in [3.8, 4) is 0 Å². The molecule has 1 N–H and O–H groups in total. The Morgan fingerprint density at radius 3 is 2.35 bits per heavy atom. The number of carbonyl (C=O) groups excluding carboxylic acids is 1. The molecule has 0 saturated heterocycles. The average Bonchev–Trinajstić information content (AvgIpc) is 2.55. The molecule has 0 aliphatic rings. The van der Waals surface area contributed by atoms with E-state index in [0.717, 1.165) is 4.90 Å². The van der Waals surface area contributed by atoms with Crippen molar-refractivity contribution in [2.24, 2.45) is 0 Å². The number of carboxylic acid groups (broad SMARTS) is 1. The van der Waals surface area contributed by atoms with Crippen LogP contribution in [0.1, 0.15) is 5.76 Å². The smallest absolute Gasteiger partial charge is 0.348 e. The number of hydrogen-bond donors (Lipinski definition) is 1. The fourth-order valence-corrected chi connectivity index (χ4v) is 1.84. The molecular formula is C8H5Cl4NO4. The van der Waals surface area contributed by atoms with E-state index in [0.29, 0.717) is 6.41 Å². The third-order valence-electron chi connectivity index (χ3n) is 1.81. The molecular weight excluding hydrogens is 316 g/mol. The highest BCUT2D eigenvalue weighted by molar-refractivity contribution is 6.57. The molecule has 0 aromatic carbocycles. The van der Waals surface area contributed by atoms with Gasteiger partial charge in [0.25, 0.3) is 4.33 Å². The van der Waals surface area contributed by atoms with Crippen LogP contribution in [-0.4, -0.2) is 24.5 Å². The standard InChI is InChI=1S/C8H5Cl4NO4/c1-13(2-14)6-4(10)3(9)5(17-6)8(11,12)7(15)16/h2H,1H3,(H,15,16). The van der Waals surface area contributed by atoms with E-state index in [1.54, 1.807) is 0 Å². The van der Waals surface area contributed by atoms with Crippen LogP contribution in [0.25, 0.3) is 0 Å². The predicted octanol–water partition coefficient (Wildman–Crippen LogP) is 2.89. The molecule has 0 unspecified atom stereocenters. The van der Waals surface area contributed by atoms with Gasteiger partial charge in [-0.3, -0.25) is 9.69 Å². The molecule has 0 aliphatic carbocycles. The van der Waals surface area contributed by atoms with E-state index in [4.69, 9.17) is 55.9 Å². The number of furan rings is 1. The van der Waals surface area contributed by atoms with Crippen molar-refractivity contribution in [2.75, 3.05) is 11.9 Å². The molecule has 0 radical (unpaired) electrons. The maximum Gasteiger partial charge on any atom is 0.348 e. The lowest BCUT2D eigenvalue weighted by Crippen LogP contribution is -2.22. The molecule has 94 valence electrons. The summed E-state index contributed by atoms with van der Waals surface area (Å²) in [4.78, 5) is 22.3. The van der Waals surface area contributed by atoms with Crippen molar-refractivity contribution in [1.82, 2.24) is 0 Å². The van der Waals surface area contributed by atoms with Crippen LogP contribution in [0.5, 0.6) is 0 Å². The summed E-state index contributed by atoms with van der Waals surface area (Å²) in [5.74, 6) is -2.18. The van der Waals surface area contributed by atoms with Gasteiger partial charge < -0.3 is 9.52 Å². The van der Waals surface area contributed by atoms with Gasteiger partial charge in [-0.15, -0.1) is 0 Å². The minimum atomic E-state index is -2.39. The van der Waals surface area contributed by atoms with Gasteiger partial charge in [0.15, 0.2) is 5.76 Å². The second-order valence-corrected chi connectivity index (χ2v) is 5.04. The highest BCUT2D eigenvalue weighted by atomic mass is 35.5. The number of alkyl halides is 2. The van der Waals surface area contributed by atoms with E-state index in [1.165, 1.54) is 7.05 Å². The number of carbonyl (C=O) groups is 2. The van der Waals surface area contributed by atoms with Crippen LogP contribution in [0.4, 0.5) is 5.88 Å². The Morgan fingerprint density at radius 1 is 1.41 bits per heavy atom. The zero-order valence-electron chi connectivity index (χ0n) is 8.21. The van der Waals surface area contributed by atoms with E-state index < -0.39 is 16.1 Å². The molecule has 1 aromatic heterocycles. The molecule has 5 nitrogen and oxygen atoms in total. The Balaban J connectivity index is 3.39. The van der Waals surface area contributed by atoms with Gasteiger partial charge in [-0.1, -0.05) is 46.4 Å². The third kappa shape index (κ3) is 2.47. The number of aliphatic carboxylic acids is 1. The van der Waals surface area contributed by atoms with E-state index in [1.807, 2.05) is 0 Å². The summed E-state index contributed by atoms with van der Waals surface area (Å²) < 4.78 is 2.62. The number of carboxylic acids is 1. The molecule has 1 amide bonds. The fourth-order valence-electron chi connectivity index (χ4n) is 0.954. The van der Waals surface area contributed by atoms with E-state index in [9.17, 15) is 9.59 Å². The predicted molar refractivity (Wildman–Crippen MR) is 64.2 cm³/mol. The maximum atomic E-state index is 10.8. The first kappa shape index (κ1) is 14.4. The summed E-state index contributed by atoms with van der Waals surface area (Å²) in [6, 6.07) is 0. The van der Waals surface area contributed by atoms with Crippen molar-refractivity contribution in [3.63, 3.8) is 0 Å². The lowest BCUT2D eigenvalue weighted by molar-refractivity contribution is -0.138. The van der Waals surface area contributed by atoms with Crippen molar-refractivity contribution in [2.45, 2.75) is 4.33 Å². The molecule has 17 heavy (non-hydrogen) atoms. The Bertz CT molecular complexity index is 470. The highest BCUT2D eigenvalue weighted by Gasteiger charge is 2.43. The molecule has 0 bridgehead atoms. The summed E-state index contributed by atoms with van der Waals surface area (Å²) >= 11 is 22.6. The zero-order valence-corrected chi connectivity index (χ0v) is 11.2. The maximum absolute atomic E-state index is 10.8. The van der Waals surface area contributed by atoms with Gasteiger partial charge in [-0.25, -0.2) is 4.79 Å². The largest absolute Gasteiger partial charge is 0.479 e. The van der Waals surface area contributed by atoms with Gasteiger partial charge in [0.2, 0.25) is 12.3 Å². The Morgan fingerprint density at radius 2 is 1.94 bits per heavy atom. The Labute approximate surface area is 116 Å². The number of nitrogens with zero attached hydrogens (tertiary/aromatic N) is 1. The SMILES string of the molecule is CN(C=O)c1oc(C(Cl)(Cl)C(=O)O)c(Cl)c1Cl. The Kier molecular flexibility index (Phi) is 4.19. The number of hydrogen-bond acceptors (Lipinski definition) is 3. The van der Waals surface area contributed by atoms with Gasteiger partial charge in [-0.2, -0.15) is 0 Å². The van der Waals surface area contributed by atoms with Gasteiger partial charge in [0.1, 0.15) is 10.0 Å². The van der Waals surface area contributed by atoms with E-state index in [2.05, 4.69) is 0 Å². The van der Waals surface area contributed by atoms with Crippen molar-refractivity contribution in [1.29, 1.82) is 0 Å². The molecule has 0 saturated carbocycles. The van der Waals surface area contributed by atoms with Crippen LogP contribution < -0.4 is 4.90 Å². The first-order valence-corrected chi connectivity index (χ1v) is 5.52. The van der Waals surface area contributed by atoms with Crippen LogP contribution in [0.2, 0.25) is 10.0 Å². The Hall–Kier alpha value is -0.620. The molecule has 0 fully saturated rings. The number of rotatable bonds is 4.